The van der Waals surface area contributed by atoms with Crippen LogP contribution in [-0.4, -0.2) is 32.0 Å². The van der Waals surface area contributed by atoms with Gasteiger partial charge in [0, 0.05) is 28.6 Å². The summed E-state index contributed by atoms with van der Waals surface area (Å²) in [6.07, 6.45) is -0.156. The maximum Gasteiger partial charge on any atom is 0.311 e. The smallest absolute Gasteiger partial charge is 0.311 e. The van der Waals surface area contributed by atoms with E-state index in [1.54, 1.807) is 18.2 Å². The van der Waals surface area contributed by atoms with Gasteiger partial charge in [0.15, 0.2) is 11.5 Å². The molecule has 0 saturated heterocycles. The highest BCUT2D eigenvalue weighted by atomic mass is 32.1. The number of fused-ring (bicyclic) bond motifs is 1. The Balaban J connectivity index is 2.01. The molecule has 0 unspecified atom stereocenters. The number of nitro benzene ring substituents is 1. The van der Waals surface area contributed by atoms with Gasteiger partial charge in [-0.1, -0.05) is 17.4 Å². The zero-order valence-corrected chi connectivity index (χ0v) is 16.7. The van der Waals surface area contributed by atoms with E-state index in [1.807, 2.05) is 0 Å². The van der Waals surface area contributed by atoms with E-state index < -0.39 is 15.4 Å². The summed E-state index contributed by atoms with van der Waals surface area (Å²) in [5.41, 5.74) is 0.174. The van der Waals surface area contributed by atoms with Crippen molar-refractivity contribution in [1.82, 2.24) is 0 Å². The van der Waals surface area contributed by atoms with Crippen LogP contribution in [0, 0.1) is 10.1 Å². The molecule has 2 aromatic carbocycles. The van der Waals surface area contributed by atoms with E-state index in [0.717, 1.165) is 11.3 Å². The average molecular weight is 415 g/mol. The van der Waals surface area contributed by atoms with E-state index in [9.17, 15) is 19.7 Å². The third-order valence-corrected chi connectivity index (χ3v) is 5.31. The van der Waals surface area contributed by atoms with Gasteiger partial charge in [-0.25, -0.2) is 0 Å². The lowest BCUT2D eigenvalue weighted by Gasteiger charge is -2.09. The Bertz CT molecular complexity index is 1170. The zero-order valence-electron chi connectivity index (χ0n) is 15.9. The molecule has 3 rings (SSSR count). The number of nitrogens with zero attached hydrogens (tertiary/aromatic N) is 1. The summed E-state index contributed by atoms with van der Waals surface area (Å²) in [6, 6.07) is 9.12. The van der Waals surface area contributed by atoms with Gasteiger partial charge >= 0.3 is 5.69 Å². The Hall–Kier alpha value is -3.46. The number of carbonyl (C=O) groups excluding carboxylic acids is 1. The molecule has 0 saturated carbocycles. The molecule has 0 aliphatic rings. The molecular weight excluding hydrogens is 398 g/mol. The number of nitro groups is 1. The first-order chi connectivity index (χ1) is 13.9. The third-order valence-electron chi connectivity index (χ3n) is 4.35. The second-order valence-electron chi connectivity index (χ2n) is 6.05. The number of rotatable bonds is 7. The van der Waals surface area contributed by atoms with Crippen molar-refractivity contribution in [2.75, 3.05) is 21.3 Å². The van der Waals surface area contributed by atoms with Gasteiger partial charge in [0.25, 0.3) is 0 Å². The van der Waals surface area contributed by atoms with Gasteiger partial charge in [0.1, 0.15) is 11.5 Å². The molecule has 0 aliphatic carbocycles. The molecule has 29 heavy (non-hydrogen) atoms. The first-order valence-electron chi connectivity index (χ1n) is 8.42. The SMILES string of the molecule is COc1cc(OC)c2cc(C(=O)Cc3ccc(OC)c([N+](=O)[O-])c3)c(=O)sc2c1. The van der Waals surface area contributed by atoms with Crippen molar-refractivity contribution in [1.29, 1.82) is 0 Å². The topological polar surface area (TPSA) is 105 Å². The van der Waals surface area contributed by atoms with Gasteiger partial charge in [-0.2, -0.15) is 0 Å². The third kappa shape index (κ3) is 4.04. The first kappa shape index (κ1) is 20.3. The number of carbonyl (C=O) groups is 1. The van der Waals surface area contributed by atoms with E-state index in [2.05, 4.69) is 0 Å². The Morgan fingerprint density at radius 2 is 1.76 bits per heavy atom. The molecule has 3 aromatic rings. The van der Waals surface area contributed by atoms with Gasteiger partial charge < -0.3 is 14.2 Å². The van der Waals surface area contributed by atoms with Crippen LogP contribution in [0.3, 0.4) is 0 Å². The molecular formula is C20H17NO7S. The van der Waals surface area contributed by atoms with Gasteiger partial charge in [-0.15, -0.1) is 0 Å². The van der Waals surface area contributed by atoms with Crippen molar-refractivity contribution < 1.29 is 23.9 Å². The minimum Gasteiger partial charge on any atom is -0.497 e. The van der Waals surface area contributed by atoms with E-state index >= 15 is 0 Å². The van der Waals surface area contributed by atoms with Crippen LogP contribution in [0.2, 0.25) is 0 Å². The van der Waals surface area contributed by atoms with Crippen LogP contribution in [0.4, 0.5) is 5.69 Å². The fourth-order valence-electron chi connectivity index (χ4n) is 2.91. The number of hydrogen-bond donors (Lipinski definition) is 0. The maximum absolute atomic E-state index is 12.8. The maximum atomic E-state index is 12.8. The Morgan fingerprint density at radius 1 is 1.03 bits per heavy atom. The van der Waals surface area contributed by atoms with Crippen molar-refractivity contribution >= 4 is 32.9 Å². The predicted molar refractivity (Wildman–Crippen MR) is 109 cm³/mol. The van der Waals surface area contributed by atoms with Crippen LogP contribution >= 0.6 is 11.3 Å². The summed E-state index contributed by atoms with van der Waals surface area (Å²) in [6.45, 7) is 0. The summed E-state index contributed by atoms with van der Waals surface area (Å²) < 4.78 is 15.7. The van der Waals surface area contributed by atoms with E-state index in [0.29, 0.717) is 27.1 Å². The normalized spacial score (nSPS) is 10.6. The van der Waals surface area contributed by atoms with Crippen molar-refractivity contribution in [3.8, 4) is 17.2 Å². The zero-order chi connectivity index (χ0) is 21.1. The minimum absolute atomic E-state index is 0.00411. The number of Topliss-reactive ketones (excluding diaryl/α,β-unsaturated/α-hetero) is 1. The Labute approximate surface area is 169 Å². The molecule has 0 N–H and O–H groups in total. The molecule has 0 fully saturated rings. The number of benzene rings is 2. The fourth-order valence-corrected chi connectivity index (χ4v) is 3.84. The summed E-state index contributed by atoms with van der Waals surface area (Å²) >= 11 is 0.916. The summed E-state index contributed by atoms with van der Waals surface area (Å²) in [7, 11) is 4.33. The number of ether oxygens (including phenoxy) is 3. The molecule has 0 aliphatic heterocycles. The van der Waals surface area contributed by atoms with Gasteiger partial charge in [0.2, 0.25) is 4.74 Å². The second-order valence-corrected chi connectivity index (χ2v) is 7.07. The van der Waals surface area contributed by atoms with Crippen LogP contribution in [0.1, 0.15) is 15.9 Å². The van der Waals surface area contributed by atoms with Crippen molar-refractivity contribution in [3.63, 3.8) is 0 Å². The molecule has 1 heterocycles. The molecule has 8 nitrogen and oxygen atoms in total. The van der Waals surface area contributed by atoms with Crippen LogP contribution in [0.15, 0.2) is 41.2 Å². The quantitative estimate of drug-likeness (QED) is 0.330. The lowest BCUT2D eigenvalue weighted by Crippen LogP contribution is -2.14. The lowest BCUT2D eigenvalue weighted by molar-refractivity contribution is -0.385. The summed E-state index contributed by atoms with van der Waals surface area (Å²) in [5, 5.41) is 11.8. The highest BCUT2D eigenvalue weighted by Gasteiger charge is 2.19. The fraction of sp³-hybridized carbons (Fsp3) is 0.200. The second kappa shape index (κ2) is 8.27. The van der Waals surface area contributed by atoms with E-state index in [-0.39, 0.29) is 23.4 Å². The molecule has 0 spiro atoms. The van der Waals surface area contributed by atoms with Crippen molar-refractivity contribution in [2.45, 2.75) is 6.42 Å². The minimum atomic E-state index is -0.581. The Kier molecular flexibility index (Phi) is 5.79. The summed E-state index contributed by atoms with van der Waals surface area (Å²) in [4.78, 5) is 35.9. The molecule has 0 bridgehead atoms. The molecule has 150 valence electrons. The van der Waals surface area contributed by atoms with Crippen LogP contribution in [-0.2, 0) is 6.42 Å². The Morgan fingerprint density at radius 3 is 2.38 bits per heavy atom. The number of ketones is 1. The van der Waals surface area contributed by atoms with Crippen LogP contribution in [0.25, 0.3) is 10.1 Å². The standard InChI is InChI=1S/C20H17NO7S/c1-26-12-8-18(28-3)14-10-13(20(23)29-19(14)9-12)16(22)7-11-4-5-17(27-2)15(6-11)21(24)25/h4-6,8-10H,7H2,1-3H3. The van der Waals surface area contributed by atoms with Gasteiger partial charge in [0.05, 0.1) is 31.8 Å². The largest absolute Gasteiger partial charge is 0.497 e. The van der Waals surface area contributed by atoms with E-state index in [4.69, 9.17) is 14.2 Å². The summed E-state index contributed by atoms with van der Waals surface area (Å²) in [5.74, 6) is 0.673. The number of hydrogen-bond acceptors (Lipinski definition) is 8. The molecule has 0 atom stereocenters. The molecule has 0 amide bonds. The van der Waals surface area contributed by atoms with Gasteiger partial charge in [-0.3, -0.25) is 19.7 Å². The highest BCUT2D eigenvalue weighted by molar-refractivity contribution is 7.16. The van der Waals surface area contributed by atoms with Crippen LogP contribution in [0.5, 0.6) is 17.2 Å². The highest BCUT2D eigenvalue weighted by Crippen LogP contribution is 2.33. The molecule has 9 heteroatoms. The average Bonchev–Trinajstić information content (AvgIpc) is 2.71. The molecule has 0 radical (unpaired) electrons. The van der Waals surface area contributed by atoms with Crippen molar-refractivity contribution in [3.05, 3.63) is 67.2 Å². The lowest BCUT2D eigenvalue weighted by atomic mass is 10.0. The van der Waals surface area contributed by atoms with Gasteiger partial charge in [-0.05, 0) is 23.8 Å². The predicted octanol–water partition coefficient (Wildman–Crippen LogP) is 3.62. The first-order valence-corrected chi connectivity index (χ1v) is 9.24. The van der Waals surface area contributed by atoms with Crippen LogP contribution < -0.4 is 19.0 Å². The van der Waals surface area contributed by atoms with Crippen molar-refractivity contribution in [2.24, 2.45) is 0 Å². The van der Waals surface area contributed by atoms with E-state index in [1.165, 1.54) is 39.5 Å². The monoisotopic (exact) mass is 415 g/mol. The number of methoxy groups -OCH3 is 3. The molecule has 1 aromatic heterocycles.